The van der Waals surface area contributed by atoms with Gasteiger partial charge in [-0.1, -0.05) is 18.2 Å². The number of carbonyl (C=O) groups is 1. The number of para-hydroxylation sites is 2. The number of benzene rings is 2. The fourth-order valence-corrected chi connectivity index (χ4v) is 5.54. The van der Waals surface area contributed by atoms with Crippen LogP contribution < -0.4 is 11.0 Å². The molecule has 0 saturated carbocycles. The van der Waals surface area contributed by atoms with Crippen molar-refractivity contribution in [2.75, 3.05) is 20.1 Å². The molecule has 3 aromatic rings. The topological polar surface area (TPSA) is 59.3 Å². The van der Waals surface area contributed by atoms with Gasteiger partial charge in [-0.05, 0) is 67.5 Å². The highest BCUT2D eigenvalue weighted by molar-refractivity contribution is 5.80. The van der Waals surface area contributed by atoms with E-state index in [2.05, 4.69) is 10.2 Å². The molecule has 1 aliphatic heterocycles. The SMILES string of the molecule is CNC(=O)Cn1c(=O)n(C2CCN(C3CCCc4ccc(F)cc43)CC2)c2ccccc21. The van der Waals surface area contributed by atoms with E-state index < -0.39 is 0 Å². The van der Waals surface area contributed by atoms with Crippen molar-refractivity contribution in [2.45, 2.75) is 50.7 Å². The van der Waals surface area contributed by atoms with E-state index in [9.17, 15) is 14.0 Å². The number of carbonyl (C=O) groups excluding carboxylic acids is 1. The number of hydrogen-bond donors (Lipinski definition) is 1. The highest BCUT2D eigenvalue weighted by Gasteiger charge is 2.31. The van der Waals surface area contributed by atoms with Gasteiger partial charge in [0, 0.05) is 32.2 Å². The zero-order valence-electron chi connectivity index (χ0n) is 18.4. The Kier molecular flexibility index (Phi) is 5.59. The van der Waals surface area contributed by atoms with Crippen molar-refractivity contribution in [3.63, 3.8) is 0 Å². The van der Waals surface area contributed by atoms with E-state index in [1.54, 1.807) is 23.7 Å². The van der Waals surface area contributed by atoms with Gasteiger partial charge in [-0.3, -0.25) is 18.8 Å². The van der Waals surface area contributed by atoms with Crippen molar-refractivity contribution < 1.29 is 9.18 Å². The second kappa shape index (κ2) is 8.54. The number of piperidine rings is 1. The maximum absolute atomic E-state index is 13.9. The van der Waals surface area contributed by atoms with Crippen LogP contribution in [-0.4, -0.2) is 40.1 Å². The monoisotopic (exact) mass is 436 g/mol. The summed E-state index contributed by atoms with van der Waals surface area (Å²) in [6.07, 6.45) is 4.90. The number of imidazole rings is 1. The standard InChI is InChI=1S/C25H29FN4O2/c1-27-24(31)16-29-22-6-2-3-7-23(22)30(25(29)32)19-11-13-28(14-12-19)21-8-4-5-17-9-10-18(26)15-20(17)21/h2-3,6-7,9-10,15,19,21H,4-5,8,11-14,16H2,1H3,(H,27,31). The molecule has 1 atom stereocenters. The van der Waals surface area contributed by atoms with Crippen LogP contribution in [0, 0.1) is 5.82 Å². The highest BCUT2D eigenvalue weighted by atomic mass is 19.1. The van der Waals surface area contributed by atoms with Gasteiger partial charge in [0.25, 0.3) is 0 Å². The molecule has 1 aliphatic carbocycles. The van der Waals surface area contributed by atoms with Gasteiger partial charge in [-0.2, -0.15) is 0 Å². The zero-order valence-corrected chi connectivity index (χ0v) is 18.4. The maximum atomic E-state index is 13.9. The van der Waals surface area contributed by atoms with Crippen LogP contribution in [0.1, 0.15) is 48.9 Å². The van der Waals surface area contributed by atoms with Gasteiger partial charge in [0.1, 0.15) is 12.4 Å². The van der Waals surface area contributed by atoms with Crippen molar-refractivity contribution in [3.8, 4) is 0 Å². The van der Waals surface area contributed by atoms with Gasteiger partial charge in [0.15, 0.2) is 0 Å². The normalized spacial score (nSPS) is 19.8. The first-order valence-electron chi connectivity index (χ1n) is 11.5. The van der Waals surface area contributed by atoms with Crippen LogP contribution in [0.2, 0.25) is 0 Å². The lowest BCUT2D eigenvalue weighted by Crippen LogP contribution is -2.41. The average molecular weight is 437 g/mol. The van der Waals surface area contributed by atoms with Gasteiger partial charge >= 0.3 is 5.69 Å². The van der Waals surface area contributed by atoms with E-state index >= 15 is 0 Å². The number of aromatic nitrogens is 2. The molecule has 1 unspecified atom stereocenters. The van der Waals surface area contributed by atoms with E-state index in [1.807, 2.05) is 34.9 Å². The van der Waals surface area contributed by atoms with Gasteiger partial charge in [-0.25, -0.2) is 9.18 Å². The number of nitrogens with one attached hydrogen (secondary N) is 1. The van der Waals surface area contributed by atoms with Crippen LogP contribution in [0.5, 0.6) is 0 Å². The molecular weight excluding hydrogens is 407 g/mol. The fraction of sp³-hybridized carbons (Fsp3) is 0.440. The molecule has 5 rings (SSSR count). The van der Waals surface area contributed by atoms with Gasteiger partial charge in [0.05, 0.1) is 11.0 Å². The molecule has 1 N–H and O–H groups in total. The van der Waals surface area contributed by atoms with Crippen molar-refractivity contribution >= 4 is 16.9 Å². The van der Waals surface area contributed by atoms with Gasteiger partial charge < -0.3 is 5.32 Å². The smallest absolute Gasteiger partial charge is 0.329 e. The third-order valence-electron chi connectivity index (χ3n) is 7.15. The summed E-state index contributed by atoms with van der Waals surface area (Å²) in [5, 5.41) is 2.61. The molecule has 1 fully saturated rings. The number of halogens is 1. The number of likely N-dealkylation sites (N-methyl/N-ethyl adjacent to an activating group) is 1. The van der Waals surface area contributed by atoms with Crippen molar-refractivity contribution in [1.29, 1.82) is 0 Å². The van der Waals surface area contributed by atoms with Crippen LogP contribution in [0.15, 0.2) is 47.3 Å². The summed E-state index contributed by atoms with van der Waals surface area (Å²) < 4.78 is 17.4. The quantitative estimate of drug-likeness (QED) is 0.682. The summed E-state index contributed by atoms with van der Waals surface area (Å²) in [4.78, 5) is 27.8. The first kappa shape index (κ1) is 20.9. The second-order valence-corrected chi connectivity index (χ2v) is 8.92. The second-order valence-electron chi connectivity index (χ2n) is 8.92. The highest BCUT2D eigenvalue weighted by Crippen LogP contribution is 2.38. The molecule has 168 valence electrons. The maximum Gasteiger partial charge on any atom is 0.329 e. The van der Waals surface area contributed by atoms with Crippen molar-refractivity contribution in [3.05, 3.63) is 69.9 Å². The number of likely N-dealkylation sites (tertiary alicyclic amines) is 1. The van der Waals surface area contributed by atoms with Crippen LogP contribution in [0.4, 0.5) is 4.39 Å². The molecule has 2 heterocycles. The molecule has 1 amide bonds. The molecule has 32 heavy (non-hydrogen) atoms. The molecular formula is C25H29FN4O2. The number of rotatable bonds is 4. The molecule has 7 heteroatoms. The summed E-state index contributed by atoms with van der Waals surface area (Å²) in [5.74, 6) is -0.353. The van der Waals surface area contributed by atoms with E-state index in [1.165, 1.54) is 5.56 Å². The first-order valence-corrected chi connectivity index (χ1v) is 11.5. The Hall–Kier alpha value is -2.93. The Morgan fingerprint density at radius 3 is 2.59 bits per heavy atom. The average Bonchev–Trinajstić information content (AvgIpc) is 3.10. The number of amides is 1. The Morgan fingerprint density at radius 1 is 1.09 bits per heavy atom. The lowest BCUT2D eigenvalue weighted by molar-refractivity contribution is -0.121. The molecule has 2 aromatic carbocycles. The molecule has 6 nitrogen and oxygen atoms in total. The van der Waals surface area contributed by atoms with Gasteiger partial charge in [0.2, 0.25) is 5.91 Å². The Bertz CT molecular complexity index is 1210. The van der Waals surface area contributed by atoms with Crippen molar-refractivity contribution in [1.82, 2.24) is 19.4 Å². The third kappa shape index (κ3) is 3.64. The molecule has 0 spiro atoms. The lowest BCUT2D eigenvalue weighted by Gasteiger charge is -2.40. The minimum absolute atomic E-state index is 0.0200. The fourth-order valence-electron chi connectivity index (χ4n) is 5.54. The minimum Gasteiger partial charge on any atom is -0.358 e. The van der Waals surface area contributed by atoms with E-state index in [0.717, 1.165) is 61.8 Å². The van der Waals surface area contributed by atoms with Crippen LogP contribution in [0.3, 0.4) is 0 Å². The molecule has 1 saturated heterocycles. The summed E-state index contributed by atoms with van der Waals surface area (Å²) >= 11 is 0. The minimum atomic E-state index is -0.187. The summed E-state index contributed by atoms with van der Waals surface area (Å²) in [6.45, 7) is 1.76. The van der Waals surface area contributed by atoms with Gasteiger partial charge in [-0.15, -0.1) is 0 Å². The third-order valence-corrected chi connectivity index (χ3v) is 7.15. The van der Waals surface area contributed by atoms with Crippen molar-refractivity contribution in [2.24, 2.45) is 0 Å². The number of aryl methyl sites for hydroxylation is 1. The largest absolute Gasteiger partial charge is 0.358 e. The number of nitrogens with zero attached hydrogens (tertiary/aromatic N) is 3. The lowest BCUT2D eigenvalue weighted by atomic mass is 9.85. The predicted octanol–water partition coefficient (Wildman–Crippen LogP) is 3.40. The molecule has 2 aliphatic rings. The Labute approximate surface area is 186 Å². The summed E-state index contributed by atoms with van der Waals surface area (Å²) in [6, 6.07) is 13.2. The van der Waals surface area contributed by atoms with Crippen LogP contribution in [-0.2, 0) is 17.8 Å². The molecule has 1 aromatic heterocycles. The van der Waals surface area contributed by atoms with Crippen LogP contribution >= 0.6 is 0 Å². The molecule has 0 bridgehead atoms. The van der Waals surface area contributed by atoms with E-state index in [4.69, 9.17) is 0 Å². The zero-order chi connectivity index (χ0) is 22.2. The number of fused-ring (bicyclic) bond motifs is 2. The summed E-state index contributed by atoms with van der Waals surface area (Å²) in [5.41, 5.74) is 3.94. The first-order chi connectivity index (χ1) is 15.6. The Balaban J connectivity index is 1.40. The number of hydrogen-bond acceptors (Lipinski definition) is 3. The van der Waals surface area contributed by atoms with E-state index in [-0.39, 0.29) is 36.0 Å². The van der Waals surface area contributed by atoms with E-state index in [0.29, 0.717) is 0 Å². The Morgan fingerprint density at radius 2 is 1.84 bits per heavy atom. The predicted molar refractivity (Wildman–Crippen MR) is 122 cm³/mol. The molecule has 0 radical (unpaired) electrons. The summed E-state index contributed by atoms with van der Waals surface area (Å²) in [7, 11) is 1.58. The van der Waals surface area contributed by atoms with Crippen LogP contribution in [0.25, 0.3) is 11.0 Å².